The lowest BCUT2D eigenvalue weighted by Gasteiger charge is -2.07. The van der Waals surface area contributed by atoms with Crippen molar-refractivity contribution in [3.63, 3.8) is 0 Å². The predicted octanol–water partition coefficient (Wildman–Crippen LogP) is 3.60. The molecule has 0 aliphatic heterocycles. The Morgan fingerprint density at radius 1 is 0.941 bits per heavy atom. The van der Waals surface area contributed by atoms with E-state index in [2.05, 4.69) is 13.8 Å². The molecule has 0 saturated heterocycles. The van der Waals surface area contributed by atoms with Gasteiger partial charge in [0.15, 0.2) is 0 Å². The van der Waals surface area contributed by atoms with E-state index in [9.17, 15) is 9.90 Å². The molecule has 0 aromatic carbocycles. The molecule has 102 valence electrons. The number of aliphatic hydroxyl groups is 1. The summed E-state index contributed by atoms with van der Waals surface area (Å²) in [6.07, 6.45) is 8.31. The summed E-state index contributed by atoms with van der Waals surface area (Å²) in [5, 5.41) is 17.8. The summed E-state index contributed by atoms with van der Waals surface area (Å²) in [5.74, 6) is -0.104. The summed E-state index contributed by atoms with van der Waals surface area (Å²) in [5.41, 5.74) is 0. The summed E-state index contributed by atoms with van der Waals surface area (Å²) in [4.78, 5) is 10.3. The molecule has 3 nitrogen and oxygen atoms in total. The first kappa shape index (κ1) is 16.4. The third kappa shape index (κ3) is 13.4. The minimum Gasteiger partial charge on any atom is -0.481 e. The Balaban J connectivity index is 3.15. The second-order valence-electron chi connectivity index (χ2n) is 5.34. The monoisotopic (exact) mass is 244 g/mol. The van der Waals surface area contributed by atoms with Crippen LogP contribution >= 0.6 is 0 Å². The average Bonchev–Trinajstić information content (AvgIpc) is 2.20. The first-order chi connectivity index (χ1) is 8.02. The standard InChI is InChI=1S/C14H28O3/c1-12(2)9-7-5-3-4-6-8-10-13(15)11-14(16)17/h12-13,15H,3-11H2,1-2H3,(H,16,17). The molecule has 0 amide bonds. The molecule has 1 unspecified atom stereocenters. The first-order valence-electron chi connectivity index (χ1n) is 6.92. The van der Waals surface area contributed by atoms with Gasteiger partial charge in [0, 0.05) is 0 Å². The SMILES string of the molecule is CC(C)CCCCCCCCC(O)CC(=O)O. The number of carboxylic acids is 1. The van der Waals surface area contributed by atoms with Crippen LogP contribution in [0, 0.1) is 5.92 Å². The smallest absolute Gasteiger partial charge is 0.305 e. The summed E-state index contributed by atoms with van der Waals surface area (Å²) < 4.78 is 0. The fraction of sp³-hybridized carbons (Fsp3) is 0.929. The molecular formula is C14H28O3. The molecule has 0 fully saturated rings. The van der Waals surface area contributed by atoms with Crippen LogP contribution in [-0.2, 0) is 4.79 Å². The molecule has 3 heteroatoms. The van der Waals surface area contributed by atoms with Gasteiger partial charge in [-0.15, -0.1) is 0 Å². The molecule has 17 heavy (non-hydrogen) atoms. The molecule has 0 aromatic heterocycles. The molecular weight excluding hydrogens is 216 g/mol. The zero-order valence-electron chi connectivity index (χ0n) is 11.3. The molecule has 0 aliphatic rings. The van der Waals surface area contributed by atoms with E-state index in [0.29, 0.717) is 6.42 Å². The lowest BCUT2D eigenvalue weighted by molar-refractivity contribution is -0.139. The fourth-order valence-corrected chi connectivity index (χ4v) is 1.94. The van der Waals surface area contributed by atoms with Crippen molar-refractivity contribution in [3.8, 4) is 0 Å². The van der Waals surface area contributed by atoms with Crippen LogP contribution in [-0.4, -0.2) is 22.3 Å². The average molecular weight is 244 g/mol. The van der Waals surface area contributed by atoms with Gasteiger partial charge in [-0.25, -0.2) is 0 Å². The number of unbranched alkanes of at least 4 members (excludes halogenated alkanes) is 5. The maximum Gasteiger partial charge on any atom is 0.305 e. The zero-order chi connectivity index (χ0) is 13.1. The highest BCUT2D eigenvalue weighted by atomic mass is 16.4. The molecule has 0 spiro atoms. The van der Waals surface area contributed by atoms with Crippen molar-refractivity contribution >= 4 is 5.97 Å². The number of carboxylic acid groups (broad SMARTS) is 1. The van der Waals surface area contributed by atoms with Gasteiger partial charge >= 0.3 is 5.97 Å². The number of hydrogen-bond acceptors (Lipinski definition) is 2. The van der Waals surface area contributed by atoms with Gasteiger partial charge in [0.1, 0.15) is 0 Å². The minimum absolute atomic E-state index is 0.117. The first-order valence-corrected chi connectivity index (χ1v) is 6.92. The van der Waals surface area contributed by atoms with Gasteiger partial charge in [-0.2, -0.15) is 0 Å². The summed E-state index contributed by atoms with van der Waals surface area (Å²) in [7, 11) is 0. The quantitative estimate of drug-likeness (QED) is 0.546. The van der Waals surface area contributed by atoms with Gasteiger partial charge in [-0.05, 0) is 12.3 Å². The molecule has 0 saturated carbocycles. The number of aliphatic hydroxyl groups excluding tert-OH is 1. The van der Waals surface area contributed by atoms with E-state index >= 15 is 0 Å². The minimum atomic E-state index is -0.911. The number of aliphatic carboxylic acids is 1. The van der Waals surface area contributed by atoms with E-state index in [-0.39, 0.29) is 6.42 Å². The van der Waals surface area contributed by atoms with Crippen molar-refractivity contribution in [2.45, 2.75) is 77.7 Å². The van der Waals surface area contributed by atoms with Crippen molar-refractivity contribution in [2.24, 2.45) is 5.92 Å². The van der Waals surface area contributed by atoms with E-state index in [4.69, 9.17) is 5.11 Å². The summed E-state index contributed by atoms with van der Waals surface area (Å²) in [6.45, 7) is 4.51. The molecule has 0 rings (SSSR count). The lowest BCUT2D eigenvalue weighted by Crippen LogP contribution is -2.12. The highest BCUT2D eigenvalue weighted by Crippen LogP contribution is 2.13. The van der Waals surface area contributed by atoms with E-state index < -0.39 is 12.1 Å². The predicted molar refractivity (Wildman–Crippen MR) is 70.0 cm³/mol. The zero-order valence-corrected chi connectivity index (χ0v) is 11.3. The van der Waals surface area contributed by atoms with Crippen LogP contribution < -0.4 is 0 Å². The fourth-order valence-electron chi connectivity index (χ4n) is 1.94. The Hall–Kier alpha value is -0.570. The van der Waals surface area contributed by atoms with Gasteiger partial charge in [0.05, 0.1) is 12.5 Å². The van der Waals surface area contributed by atoms with Crippen molar-refractivity contribution in [2.75, 3.05) is 0 Å². The second kappa shape index (κ2) is 10.6. The Bertz CT molecular complexity index is 190. The van der Waals surface area contributed by atoms with Crippen molar-refractivity contribution < 1.29 is 15.0 Å². The summed E-state index contributed by atoms with van der Waals surface area (Å²) in [6, 6.07) is 0. The van der Waals surface area contributed by atoms with E-state index in [0.717, 1.165) is 18.8 Å². The lowest BCUT2D eigenvalue weighted by atomic mass is 10.0. The Kier molecular flexibility index (Phi) is 10.2. The van der Waals surface area contributed by atoms with Crippen molar-refractivity contribution in [1.29, 1.82) is 0 Å². The number of rotatable bonds is 11. The maximum atomic E-state index is 10.3. The van der Waals surface area contributed by atoms with Crippen LogP contribution in [0.25, 0.3) is 0 Å². The topological polar surface area (TPSA) is 57.5 Å². The number of carbonyl (C=O) groups is 1. The Labute approximate surface area is 105 Å². The van der Waals surface area contributed by atoms with E-state index in [1.165, 1.54) is 32.1 Å². The van der Waals surface area contributed by atoms with Crippen LogP contribution in [0.3, 0.4) is 0 Å². The maximum absolute atomic E-state index is 10.3. The van der Waals surface area contributed by atoms with Crippen LogP contribution in [0.1, 0.15) is 71.6 Å². The molecule has 0 aromatic rings. The van der Waals surface area contributed by atoms with Crippen molar-refractivity contribution in [1.82, 2.24) is 0 Å². The Morgan fingerprint density at radius 3 is 1.88 bits per heavy atom. The highest BCUT2D eigenvalue weighted by Gasteiger charge is 2.08. The second-order valence-corrected chi connectivity index (χ2v) is 5.34. The van der Waals surface area contributed by atoms with Gasteiger partial charge < -0.3 is 10.2 Å². The normalized spacial score (nSPS) is 12.9. The van der Waals surface area contributed by atoms with E-state index in [1.807, 2.05) is 0 Å². The van der Waals surface area contributed by atoms with Gasteiger partial charge in [-0.1, -0.05) is 58.8 Å². The van der Waals surface area contributed by atoms with Gasteiger partial charge in [-0.3, -0.25) is 4.79 Å². The van der Waals surface area contributed by atoms with Gasteiger partial charge in [0.2, 0.25) is 0 Å². The third-order valence-electron chi connectivity index (χ3n) is 2.98. The van der Waals surface area contributed by atoms with Crippen LogP contribution in [0.4, 0.5) is 0 Å². The molecule has 1 atom stereocenters. The largest absolute Gasteiger partial charge is 0.481 e. The molecule has 0 heterocycles. The Morgan fingerprint density at radius 2 is 1.41 bits per heavy atom. The molecule has 0 aliphatic carbocycles. The van der Waals surface area contributed by atoms with Crippen LogP contribution in [0.15, 0.2) is 0 Å². The van der Waals surface area contributed by atoms with Gasteiger partial charge in [0.25, 0.3) is 0 Å². The third-order valence-corrected chi connectivity index (χ3v) is 2.98. The number of hydrogen-bond donors (Lipinski definition) is 2. The highest BCUT2D eigenvalue weighted by molar-refractivity contribution is 5.67. The summed E-state index contributed by atoms with van der Waals surface area (Å²) >= 11 is 0. The molecule has 2 N–H and O–H groups in total. The molecule has 0 bridgehead atoms. The van der Waals surface area contributed by atoms with E-state index in [1.54, 1.807) is 0 Å². The van der Waals surface area contributed by atoms with Crippen LogP contribution in [0.5, 0.6) is 0 Å². The van der Waals surface area contributed by atoms with Crippen molar-refractivity contribution in [3.05, 3.63) is 0 Å². The molecule has 0 radical (unpaired) electrons. The van der Waals surface area contributed by atoms with Crippen LogP contribution in [0.2, 0.25) is 0 Å².